The Bertz CT molecular complexity index is 907. The molecule has 3 aromatic rings. The first-order valence-corrected chi connectivity index (χ1v) is 9.06. The van der Waals surface area contributed by atoms with Crippen LogP contribution in [0.3, 0.4) is 0 Å². The zero-order chi connectivity index (χ0) is 17.6. The minimum Gasteiger partial charge on any atom is -0.423 e. The summed E-state index contributed by atoms with van der Waals surface area (Å²) in [7, 11) is 0. The van der Waals surface area contributed by atoms with E-state index in [9.17, 15) is 4.79 Å². The Hall–Kier alpha value is -2.51. The Labute approximate surface area is 157 Å². The van der Waals surface area contributed by atoms with Gasteiger partial charge in [0.2, 0.25) is 5.13 Å². The Balaban J connectivity index is 1.59. The van der Waals surface area contributed by atoms with Crippen molar-refractivity contribution in [1.82, 2.24) is 4.98 Å². The van der Waals surface area contributed by atoms with Crippen molar-refractivity contribution in [3.05, 3.63) is 75.2 Å². The lowest BCUT2D eigenvalue weighted by atomic mass is 10.2. The fourth-order valence-corrected chi connectivity index (χ4v) is 3.01. The molecule has 0 aliphatic rings. The standard InChI is InChI=1S/C18H14BrN3O2S/c1-12-11-25-18(21-12)22-20-10-13-5-7-16(8-6-13)24-17(23)14-3-2-4-15(19)9-14/h2-11H,1H3,(H,21,22). The fourth-order valence-electron chi connectivity index (χ4n) is 1.97. The van der Waals surface area contributed by atoms with Crippen molar-refractivity contribution >= 4 is 44.6 Å². The van der Waals surface area contributed by atoms with Gasteiger partial charge in [-0.2, -0.15) is 5.10 Å². The molecule has 0 aliphatic heterocycles. The van der Waals surface area contributed by atoms with Crippen molar-refractivity contribution < 1.29 is 9.53 Å². The SMILES string of the molecule is Cc1csc(NN=Cc2ccc(OC(=O)c3cccc(Br)c3)cc2)n1. The second-order valence-electron chi connectivity index (χ2n) is 5.13. The van der Waals surface area contributed by atoms with Gasteiger partial charge in [0.15, 0.2) is 0 Å². The molecule has 0 amide bonds. The summed E-state index contributed by atoms with van der Waals surface area (Å²) in [4.78, 5) is 16.4. The molecule has 2 aromatic carbocycles. The summed E-state index contributed by atoms with van der Waals surface area (Å²) < 4.78 is 6.19. The summed E-state index contributed by atoms with van der Waals surface area (Å²) in [5.41, 5.74) is 5.20. The first-order chi connectivity index (χ1) is 12.1. The minimum atomic E-state index is -0.400. The molecule has 0 spiro atoms. The number of hydrogen-bond donors (Lipinski definition) is 1. The van der Waals surface area contributed by atoms with Gasteiger partial charge in [-0.3, -0.25) is 5.43 Å². The lowest BCUT2D eigenvalue weighted by molar-refractivity contribution is 0.0734. The van der Waals surface area contributed by atoms with Crippen LogP contribution in [0.25, 0.3) is 0 Å². The van der Waals surface area contributed by atoms with Crippen LogP contribution in [0.15, 0.2) is 63.5 Å². The van der Waals surface area contributed by atoms with Gasteiger partial charge in [0, 0.05) is 9.85 Å². The number of anilines is 1. The van der Waals surface area contributed by atoms with Crippen LogP contribution in [0.4, 0.5) is 5.13 Å². The maximum absolute atomic E-state index is 12.1. The van der Waals surface area contributed by atoms with Gasteiger partial charge in [0.25, 0.3) is 0 Å². The van der Waals surface area contributed by atoms with E-state index in [1.54, 1.807) is 36.5 Å². The maximum atomic E-state index is 12.1. The third kappa shape index (κ3) is 4.98. The van der Waals surface area contributed by atoms with Gasteiger partial charge in [0.05, 0.1) is 17.5 Å². The smallest absolute Gasteiger partial charge is 0.343 e. The van der Waals surface area contributed by atoms with Gasteiger partial charge in [0.1, 0.15) is 5.75 Å². The zero-order valence-electron chi connectivity index (χ0n) is 13.3. The number of halogens is 1. The second-order valence-corrected chi connectivity index (χ2v) is 6.91. The molecule has 1 N–H and O–H groups in total. The minimum absolute atomic E-state index is 0.400. The molecule has 0 bridgehead atoms. The molecule has 5 nitrogen and oxygen atoms in total. The number of aromatic nitrogens is 1. The summed E-state index contributed by atoms with van der Waals surface area (Å²) in [5, 5.41) is 6.83. The number of benzene rings is 2. The number of hydrogen-bond acceptors (Lipinski definition) is 6. The van der Waals surface area contributed by atoms with Crippen molar-refractivity contribution in [2.24, 2.45) is 5.10 Å². The van der Waals surface area contributed by atoms with Gasteiger partial charge in [-0.25, -0.2) is 9.78 Å². The van der Waals surface area contributed by atoms with Crippen LogP contribution in [0.1, 0.15) is 21.6 Å². The number of carbonyl (C=O) groups is 1. The summed E-state index contributed by atoms with van der Waals surface area (Å²) in [6.07, 6.45) is 1.68. The Morgan fingerprint density at radius 1 is 1.28 bits per heavy atom. The van der Waals surface area contributed by atoms with Crippen molar-refractivity contribution in [3.8, 4) is 5.75 Å². The van der Waals surface area contributed by atoms with Crippen molar-refractivity contribution in [2.45, 2.75) is 6.92 Å². The number of thiazole rings is 1. The van der Waals surface area contributed by atoms with Crippen LogP contribution in [0, 0.1) is 6.92 Å². The summed E-state index contributed by atoms with van der Waals surface area (Å²) >= 11 is 4.83. The number of aryl methyl sites for hydroxylation is 1. The number of nitrogens with zero attached hydrogens (tertiary/aromatic N) is 2. The molecule has 7 heteroatoms. The summed E-state index contributed by atoms with van der Waals surface area (Å²) in [6.45, 7) is 1.93. The average Bonchev–Trinajstić information content (AvgIpc) is 3.02. The van der Waals surface area contributed by atoms with Crippen molar-refractivity contribution in [2.75, 3.05) is 5.43 Å². The van der Waals surface area contributed by atoms with Crippen LogP contribution >= 0.6 is 27.3 Å². The Morgan fingerprint density at radius 2 is 2.08 bits per heavy atom. The molecule has 3 rings (SSSR count). The van der Waals surface area contributed by atoms with E-state index >= 15 is 0 Å². The van der Waals surface area contributed by atoms with Crippen LogP contribution in [-0.2, 0) is 0 Å². The van der Waals surface area contributed by atoms with E-state index < -0.39 is 5.97 Å². The lowest BCUT2D eigenvalue weighted by Gasteiger charge is -2.05. The molecule has 0 saturated heterocycles. The average molecular weight is 416 g/mol. The Morgan fingerprint density at radius 3 is 2.76 bits per heavy atom. The molecule has 0 aliphatic carbocycles. The molecule has 1 aromatic heterocycles. The number of carbonyl (C=O) groups excluding carboxylic acids is 1. The van der Waals surface area contributed by atoms with Gasteiger partial charge < -0.3 is 4.74 Å². The van der Waals surface area contributed by atoms with Crippen molar-refractivity contribution in [3.63, 3.8) is 0 Å². The first kappa shape index (κ1) is 17.3. The highest BCUT2D eigenvalue weighted by atomic mass is 79.9. The fraction of sp³-hybridized carbons (Fsp3) is 0.0556. The molecule has 126 valence electrons. The molecule has 0 radical (unpaired) electrons. The van der Waals surface area contributed by atoms with E-state index in [2.05, 4.69) is 31.4 Å². The van der Waals surface area contributed by atoms with Crippen molar-refractivity contribution in [1.29, 1.82) is 0 Å². The van der Waals surface area contributed by atoms with E-state index in [0.29, 0.717) is 11.3 Å². The number of ether oxygens (including phenoxy) is 1. The normalized spacial score (nSPS) is 10.8. The molecule has 0 unspecified atom stereocenters. The number of nitrogens with one attached hydrogen (secondary N) is 1. The highest BCUT2D eigenvalue weighted by Gasteiger charge is 2.08. The van der Waals surface area contributed by atoms with Gasteiger partial charge in [-0.1, -0.05) is 22.0 Å². The highest BCUT2D eigenvalue weighted by molar-refractivity contribution is 9.10. The maximum Gasteiger partial charge on any atom is 0.343 e. The molecule has 0 saturated carbocycles. The predicted molar refractivity (Wildman–Crippen MR) is 104 cm³/mol. The summed E-state index contributed by atoms with van der Waals surface area (Å²) in [6, 6.07) is 14.2. The largest absolute Gasteiger partial charge is 0.423 e. The molecule has 0 fully saturated rings. The molecule has 1 heterocycles. The molecular formula is C18H14BrN3O2S. The Kier molecular flexibility index (Phi) is 5.57. The number of hydrazone groups is 1. The predicted octanol–water partition coefficient (Wildman–Crippen LogP) is 4.88. The van der Waals surface area contributed by atoms with E-state index in [-0.39, 0.29) is 0 Å². The van der Waals surface area contributed by atoms with Gasteiger partial charge in [-0.05, 0) is 55.0 Å². The zero-order valence-corrected chi connectivity index (χ0v) is 15.7. The van der Waals surface area contributed by atoms with Crippen LogP contribution in [0.2, 0.25) is 0 Å². The molecular weight excluding hydrogens is 402 g/mol. The summed E-state index contributed by atoms with van der Waals surface area (Å²) in [5.74, 6) is 0.0779. The quantitative estimate of drug-likeness (QED) is 0.279. The van der Waals surface area contributed by atoms with Crippen LogP contribution in [0.5, 0.6) is 5.75 Å². The third-order valence-corrected chi connectivity index (χ3v) is 4.50. The topological polar surface area (TPSA) is 63.6 Å². The van der Waals surface area contributed by atoms with Crippen LogP contribution < -0.4 is 10.2 Å². The van der Waals surface area contributed by atoms with E-state index in [0.717, 1.165) is 20.9 Å². The van der Waals surface area contributed by atoms with E-state index in [1.165, 1.54) is 11.3 Å². The van der Waals surface area contributed by atoms with Gasteiger partial charge >= 0.3 is 5.97 Å². The third-order valence-electron chi connectivity index (χ3n) is 3.14. The monoisotopic (exact) mass is 415 g/mol. The van der Waals surface area contributed by atoms with Crippen LogP contribution in [-0.4, -0.2) is 17.2 Å². The number of rotatable bonds is 5. The molecule has 25 heavy (non-hydrogen) atoms. The van der Waals surface area contributed by atoms with Gasteiger partial charge in [-0.15, -0.1) is 11.3 Å². The second kappa shape index (κ2) is 8.04. The first-order valence-electron chi connectivity index (χ1n) is 7.39. The van der Waals surface area contributed by atoms with E-state index in [4.69, 9.17) is 4.74 Å². The number of esters is 1. The lowest BCUT2D eigenvalue weighted by Crippen LogP contribution is -2.08. The molecule has 0 atom stereocenters. The highest BCUT2D eigenvalue weighted by Crippen LogP contribution is 2.17. The van der Waals surface area contributed by atoms with E-state index in [1.807, 2.05) is 30.5 Å².